The van der Waals surface area contributed by atoms with Gasteiger partial charge in [0.2, 0.25) is 5.91 Å². The quantitative estimate of drug-likeness (QED) is 0.302. The third-order valence-corrected chi connectivity index (χ3v) is 7.47. The highest BCUT2D eigenvalue weighted by molar-refractivity contribution is 6.35. The molecule has 2 amide bonds. The largest absolute Gasteiger partial charge is 0.482 e. The molecule has 1 aliphatic rings. The lowest BCUT2D eigenvalue weighted by Gasteiger charge is -2.33. The number of ether oxygens (including phenoxy) is 1. The molecule has 0 saturated heterocycles. The number of hydrogen-bond acceptors (Lipinski definition) is 3. The Morgan fingerprint density at radius 3 is 2.34 bits per heavy atom. The van der Waals surface area contributed by atoms with Crippen molar-refractivity contribution in [1.82, 2.24) is 10.2 Å². The second-order valence-corrected chi connectivity index (χ2v) is 10.8. The van der Waals surface area contributed by atoms with Crippen LogP contribution >= 0.6 is 23.2 Å². The Labute approximate surface area is 235 Å². The highest BCUT2D eigenvalue weighted by Gasteiger charge is 2.32. The van der Waals surface area contributed by atoms with E-state index in [-0.39, 0.29) is 31.0 Å². The fourth-order valence-corrected chi connectivity index (χ4v) is 5.27. The van der Waals surface area contributed by atoms with Gasteiger partial charge in [0.05, 0.1) is 5.02 Å². The summed E-state index contributed by atoms with van der Waals surface area (Å²) < 4.78 is 5.81. The third-order valence-electron chi connectivity index (χ3n) is 6.94. The van der Waals surface area contributed by atoms with E-state index >= 15 is 0 Å². The molecule has 5 nitrogen and oxygen atoms in total. The number of nitrogens with one attached hydrogen (secondary N) is 1. The summed E-state index contributed by atoms with van der Waals surface area (Å²) in [4.78, 5) is 29.2. The predicted octanol–water partition coefficient (Wildman–Crippen LogP) is 6.77. The summed E-state index contributed by atoms with van der Waals surface area (Å²) in [6.45, 7) is 2.05. The van der Waals surface area contributed by atoms with Gasteiger partial charge in [0.25, 0.3) is 5.91 Å². The third kappa shape index (κ3) is 7.99. The van der Waals surface area contributed by atoms with E-state index in [4.69, 9.17) is 27.9 Å². The van der Waals surface area contributed by atoms with Crippen molar-refractivity contribution >= 4 is 35.0 Å². The smallest absolute Gasteiger partial charge is 0.261 e. The number of amides is 2. The van der Waals surface area contributed by atoms with Crippen molar-refractivity contribution < 1.29 is 14.3 Å². The van der Waals surface area contributed by atoms with E-state index < -0.39 is 6.04 Å². The molecule has 200 valence electrons. The van der Waals surface area contributed by atoms with Gasteiger partial charge in [-0.15, -0.1) is 0 Å². The summed E-state index contributed by atoms with van der Waals surface area (Å²) >= 11 is 12.3. The van der Waals surface area contributed by atoms with Gasteiger partial charge in [-0.1, -0.05) is 103 Å². The van der Waals surface area contributed by atoms with Gasteiger partial charge in [0.1, 0.15) is 11.8 Å². The van der Waals surface area contributed by atoms with Crippen molar-refractivity contribution in [2.45, 2.75) is 64.1 Å². The molecule has 3 aromatic carbocycles. The Morgan fingerprint density at radius 1 is 0.947 bits per heavy atom. The van der Waals surface area contributed by atoms with Gasteiger partial charge in [-0.05, 0) is 49.1 Å². The van der Waals surface area contributed by atoms with Crippen LogP contribution in [0, 0.1) is 6.92 Å². The normalized spacial score (nSPS) is 14.5. The molecule has 0 aromatic heterocycles. The molecule has 0 aliphatic heterocycles. The number of carbonyl (C=O) groups is 2. The molecule has 1 atom stereocenters. The van der Waals surface area contributed by atoms with Gasteiger partial charge in [-0.25, -0.2) is 0 Å². The van der Waals surface area contributed by atoms with Crippen molar-refractivity contribution in [3.63, 3.8) is 0 Å². The summed E-state index contributed by atoms with van der Waals surface area (Å²) in [7, 11) is 0. The van der Waals surface area contributed by atoms with E-state index in [0.717, 1.165) is 42.4 Å². The molecule has 7 heteroatoms. The second-order valence-electron chi connectivity index (χ2n) is 9.92. The Balaban J connectivity index is 1.61. The maximum atomic E-state index is 13.8. The number of benzene rings is 3. The summed E-state index contributed by atoms with van der Waals surface area (Å²) in [6, 6.07) is 22.1. The standard InChI is InChI=1S/C31H34Cl2N2O3/c1-22-12-14-24(15-13-22)20-35(30(36)21-38-29-17-16-25(32)19-27(29)33)28(18-23-8-4-2-5-9-23)31(37)34-26-10-6-3-7-11-26/h2,4-5,8-9,12-17,19,26,28H,3,6-7,10-11,18,20-21H2,1H3,(H,34,37)/t28-/m0/s1. The van der Waals surface area contributed by atoms with Crippen LogP contribution in [0.3, 0.4) is 0 Å². The molecular weight excluding hydrogens is 519 g/mol. The first-order chi connectivity index (χ1) is 18.4. The SMILES string of the molecule is Cc1ccc(CN(C(=O)COc2ccc(Cl)cc2Cl)[C@@H](Cc2ccccc2)C(=O)NC2CCCCC2)cc1. The molecule has 1 fully saturated rings. The van der Waals surface area contributed by atoms with Crippen molar-refractivity contribution in [3.05, 3.63) is 99.5 Å². The Morgan fingerprint density at radius 2 is 1.66 bits per heavy atom. The molecule has 0 bridgehead atoms. The topological polar surface area (TPSA) is 58.6 Å². The molecule has 3 aromatic rings. The van der Waals surface area contributed by atoms with Crippen LogP contribution in [0.5, 0.6) is 5.75 Å². The van der Waals surface area contributed by atoms with Crippen molar-refractivity contribution in [3.8, 4) is 5.75 Å². The lowest BCUT2D eigenvalue weighted by molar-refractivity contribution is -0.143. The molecule has 0 radical (unpaired) electrons. The molecule has 0 heterocycles. The molecule has 1 aliphatic carbocycles. The van der Waals surface area contributed by atoms with Crippen LogP contribution in [-0.2, 0) is 22.6 Å². The zero-order chi connectivity index (χ0) is 26.9. The zero-order valence-electron chi connectivity index (χ0n) is 21.7. The monoisotopic (exact) mass is 552 g/mol. The highest BCUT2D eigenvalue weighted by Crippen LogP contribution is 2.28. The first-order valence-corrected chi connectivity index (χ1v) is 13.9. The van der Waals surface area contributed by atoms with E-state index in [0.29, 0.717) is 22.2 Å². The summed E-state index contributed by atoms with van der Waals surface area (Å²) in [5.41, 5.74) is 3.06. The number of aryl methyl sites for hydroxylation is 1. The maximum absolute atomic E-state index is 13.8. The molecule has 4 rings (SSSR count). The van der Waals surface area contributed by atoms with Gasteiger partial charge in [-0.2, -0.15) is 0 Å². The van der Waals surface area contributed by atoms with E-state index in [9.17, 15) is 9.59 Å². The highest BCUT2D eigenvalue weighted by atomic mass is 35.5. The summed E-state index contributed by atoms with van der Waals surface area (Å²) in [5, 5.41) is 4.06. The van der Waals surface area contributed by atoms with E-state index in [1.54, 1.807) is 23.1 Å². The van der Waals surface area contributed by atoms with Gasteiger partial charge in [0.15, 0.2) is 6.61 Å². The summed E-state index contributed by atoms with van der Waals surface area (Å²) in [6.07, 6.45) is 5.74. The van der Waals surface area contributed by atoms with Crippen molar-refractivity contribution in [1.29, 1.82) is 0 Å². The zero-order valence-corrected chi connectivity index (χ0v) is 23.2. The molecule has 0 spiro atoms. The number of rotatable bonds is 10. The maximum Gasteiger partial charge on any atom is 0.261 e. The average Bonchev–Trinajstić information content (AvgIpc) is 2.92. The number of carbonyl (C=O) groups excluding carboxylic acids is 2. The second kappa shape index (κ2) is 13.7. The Bertz CT molecular complexity index is 1210. The van der Waals surface area contributed by atoms with Crippen LogP contribution in [0.25, 0.3) is 0 Å². The lowest BCUT2D eigenvalue weighted by Crippen LogP contribution is -2.53. The van der Waals surface area contributed by atoms with E-state index in [1.165, 1.54) is 6.42 Å². The fraction of sp³-hybridized carbons (Fsp3) is 0.355. The minimum atomic E-state index is -0.697. The van der Waals surface area contributed by atoms with Crippen LogP contribution in [0.2, 0.25) is 10.0 Å². The van der Waals surface area contributed by atoms with Crippen molar-refractivity contribution in [2.75, 3.05) is 6.61 Å². The molecular formula is C31H34Cl2N2O3. The predicted molar refractivity (Wildman–Crippen MR) is 153 cm³/mol. The van der Waals surface area contributed by atoms with Gasteiger partial charge >= 0.3 is 0 Å². The molecule has 0 unspecified atom stereocenters. The van der Waals surface area contributed by atoms with E-state index in [1.807, 2.05) is 61.5 Å². The Hall–Kier alpha value is -3.02. The number of halogens is 2. The van der Waals surface area contributed by atoms with Crippen LogP contribution in [0.1, 0.15) is 48.8 Å². The van der Waals surface area contributed by atoms with Gasteiger partial charge < -0.3 is 15.0 Å². The molecule has 38 heavy (non-hydrogen) atoms. The first kappa shape index (κ1) is 28.0. The minimum absolute atomic E-state index is 0.134. The van der Waals surface area contributed by atoms with Crippen LogP contribution in [0.4, 0.5) is 0 Å². The molecule has 1 N–H and O–H groups in total. The van der Waals surface area contributed by atoms with Crippen LogP contribution < -0.4 is 10.1 Å². The molecule has 1 saturated carbocycles. The Kier molecular flexibility index (Phi) is 10.1. The lowest BCUT2D eigenvalue weighted by atomic mass is 9.94. The number of hydrogen-bond donors (Lipinski definition) is 1. The fourth-order valence-electron chi connectivity index (χ4n) is 4.80. The summed E-state index contributed by atoms with van der Waals surface area (Å²) in [5.74, 6) is -0.0620. The van der Waals surface area contributed by atoms with Crippen LogP contribution in [0.15, 0.2) is 72.8 Å². The first-order valence-electron chi connectivity index (χ1n) is 13.2. The average molecular weight is 554 g/mol. The van der Waals surface area contributed by atoms with Crippen LogP contribution in [-0.4, -0.2) is 35.4 Å². The minimum Gasteiger partial charge on any atom is -0.482 e. The van der Waals surface area contributed by atoms with Gasteiger partial charge in [0, 0.05) is 24.0 Å². The van der Waals surface area contributed by atoms with E-state index in [2.05, 4.69) is 5.32 Å². The number of nitrogens with zero attached hydrogens (tertiary/aromatic N) is 1. The van der Waals surface area contributed by atoms with Crippen molar-refractivity contribution in [2.24, 2.45) is 0 Å². The van der Waals surface area contributed by atoms with Gasteiger partial charge in [-0.3, -0.25) is 9.59 Å².